The van der Waals surface area contributed by atoms with E-state index in [-0.39, 0.29) is 5.71 Å². The molecule has 0 amide bonds. The molecule has 7 nitrogen and oxygen atoms in total. The van der Waals surface area contributed by atoms with Crippen molar-refractivity contribution in [1.82, 2.24) is 19.8 Å². The number of fused-ring (bicyclic) bond motifs is 1. The highest BCUT2D eigenvalue weighted by Gasteiger charge is 2.31. The van der Waals surface area contributed by atoms with Crippen molar-refractivity contribution in [2.45, 2.75) is 45.0 Å². The van der Waals surface area contributed by atoms with E-state index in [1.165, 1.54) is 12.1 Å². The van der Waals surface area contributed by atoms with Gasteiger partial charge in [-0.05, 0) is 75.8 Å². The van der Waals surface area contributed by atoms with Crippen LogP contribution in [0.4, 0.5) is 14.5 Å². The number of nitrogen functional groups attached to an aromatic ring is 1. The second kappa shape index (κ2) is 9.39. The van der Waals surface area contributed by atoms with Crippen LogP contribution in [0.15, 0.2) is 36.4 Å². The lowest BCUT2D eigenvalue weighted by atomic mass is 10.0. The summed E-state index contributed by atoms with van der Waals surface area (Å²) in [5, 5.41) is 8.74. The van der Waals surface area contributed by atoms with E-state index in [0.717, 1.165) is 56.5 Å². The number of halogens is 2. The molecule has 184 valence electrons. The van der Waals surface area contributed by atoms with Gasteiger partial charge in [-0.15, -0.1) is 0 Å². The summed E-state index contributed by atoms with van der Waals surface area (Å²) in [6.07, 6.45) is 1.73. The van der Waals surface area contributed by atoms with Crippen LogP contribution in [0.2, 0.25) is 0 Å². The highest BCUT2D eigenvalue weighted by atomic mass is 19.1. The number of nitrogens with two attached hydrogens (primary N) is 1. The largest absolute Gasteiger partial charge is 0.486 e. The summed E-state index contributed by atoms with van der Waals surface area (Å²) in [5.41, 5.74) is 9.69. The first-order chi connectivity index (χ1) is 16.8. The van der Waals surface area contributed by atoms with Gasteiger partial charge in [0.1, 0.15) is 29.2 Å². The Kier molecular flexibility index (Phi) is 6.29. The van der Waals surface area contributed by atoms with Crippen LogP contribution in [-0.2, 0) is 13.1 Å². The number of aromatic nitrogens is 2. The quantitative estimate of drug-likeness (QED) is 0.363. The number of piperidine rings is 1. The predicted molar refractivity (Wildman–Crippen MR) is 131 cm³/mol. The van der Waals surface area contributed by atoms with Crippen molar-refractivity contribution in [1.29, 1.82) is 5.41 Å². The number of imidazole rings is 1. The van der Waals surface area contributed by atoms with Gasteiger partial charge in [0.15, 0.2) is 5.82 Å². The molecule has 1 atom stereocenters. The van der Waals surface area contributed by atoms with E-state index >= 15 is 0 Å². The SMILES string of the molecule is CC(Oc1ccc(N)c(C(=N)c2nc3c([nH]2)CN(C2CCN(C)CC2)C3)c1)c1cc(F)cc(F)c1. The Balaban J connectivity index is 1.29. The standard InChI is InChI=1S/C26H30F2N6O/c1-15(16-9-17(27)11-18(28)10-16)35-20-3-4-22(29)21(12-20)25(30)26-31-23-13-34(14-24(23)32-26)19-5-7-33(2)8-6-19/h3-4,9-12,15,19,30H,5-8,13-14,29H2,1-2H3,(H,31,32). The molecular weight excluding hydrogens is 450 g/mol. The molecule has 1 aromatic heterocycles. The van der Waals surface area contributed by atoms with Crippen LogP contribution in [0, 0.1) is 17.0 Å². The Morgan fingerprint density at radius 2 is 1.86 bits per heavy atom. The van der Waals surface area contributed by atoms with Crippen LogP contribution in [0.1, 0.15) is 54.2 Å². The lowest BCUT2D eigenvalue weighted by Gasteiger charge is -2.34. The molecule has 35 heavy (non-hydrogen) atoms. The molecule has 4 N–H and O–H groups in total. The van der Waals surface area contributed by atoms with Crippen LogP contribution >= 0.6 is 0 Å². The third-order valence-corrected chi connectivity index (χ3v) is 6.98. The van der Waals surface area contributed by atoms with Gasteiger partial charge >= 0.3 is 0 Å². The van der Waals surface area contributed by atoms with Gasteiger partial charge in [0, 0.05) is 36.4 Å². The lowest BCUT2D eigenvalue weighted by molar-refractivity contribution is 0.118. The summed E-state index contributed by atoms with van der Waals surface area (Å²) in [7, 11) is 2.16. The average molecular weight is 481 g/mol. The molecule has 0 bridgehead atoms. The molecule has 3 aromatic rings. The molecule has 0 radical (unpaired) electrons. The maximum atomic E-state index is 13.6. The van der Waals surface area contributed by atoms with Gasteiger partial charge < -0.3 is 20.4 Å². The van der Waals surface area contributed by atoms with E-state index < -0.39 is 17.7 Å². The first kappa shape index (κ1) is 23.4. The first-order valence-electron chi connectivity index (χ1n) is 11.9. The van der Waals surface area contributed by atoms with Crippen LogP contribution in [-0.4, -0.2) is 51.7 Å². The number of nitrogens with one attached hydrogen (secondary N) is 2. The fraction of sp³-hybridized carbons (Fsp3) is 0.385. The molecule has 0 spiro atoms. The Morgan fingerprint density at radius 1 is 1.14 bits per heavy atom. The van der Waals surface area contributed by atoms with Crippen molar-refractivity contribution < 1.29 is 13.5 Å². The number of anilines is 1. The van der Waals surface area contributed by atoms with Crippen LogP contribution in [0.3, 0.4) is 0 Å². The lowest BCUT2D eigenvalue weighted by Crippen LogP contribution is -2.41. The molecule has 0 saturated carbocycles. The van der Waals surface area contributed by atoms with Gasteiger partial charge in [-0.1, -0.05) is 0 Å². The average Bonchev–Trinajstić information content (AvgIpc) is 3.39. The van der Waals surface area contributed by atoms with Crippen molar-refractivity contribution >= 4 is 11.4 Å². The third-order valence-electron chi connectivity index (χ3n) is 6.98. The van der Waals surface area contributed by atoms with Crippen LogP contribution in [0.25, 0.3) is 0 Å². The van der Waals surface area contributed by atoms with E-state index in [2.05, 4.69) is 21.8 Å². The van der Waals surface area contributed by atoms with Crippen LogP contribution < -0.4 is 10.5 Å². The van der Waals surface area contributed by atoms with Crippen molar-refractivity contribution in [3.05, 3.63) is 76.4 Å². The predicted octanol–water partition coefficient (Wildman–Crippen LogP) is 4.24. The topological polar surface area (TPSA) is 94.3 Å². The monoisotopic (exact) mass is 480 g/mol. The second-order valence-corrected chi connectivity index (χ2v) is 9.54. The normalized spacial score (nSPS) is 17.9. The number of rotatable bonds is 6. The van der Waals surface area contributed by atoms with Gasteiger partial charge in [-0.25, -0.2) is 13.8 Å². The number of ether oxygens (including phenoxy) is 1. The summed E-state index contributed by atoms with van der Waals surface area (Å²) in [4.78, 5) is 12.9. The molecule has 9 heteroatoms. The Bertz CT molecular complexity index is 1210. The molecule has 1 unspecified atom stereocenters. The number of aromatic amines is 1. The molecular formula is C26H30F2N6O. The molecule has 3 heterocycles. The van der Waals surface area contributed by atoms with Crippen molar-refractivity contribution in [2.75, 3.05) is 25.9 Å². The van der Waals surface area contributed by atoms with Gasteiger partial charge in [-0.2, -0.15) is 0 Å². The molecule has 2 aromatic carbocycles. The van der Waals surface area contributed by atoms with Crippen molar-refractivity contribution in [3.63, 3.8) is 0 Å². The molecule has 5 rings (SSSR count). The molecule has 2 aliphatic rings. The number of H-pyrrole nitrogens is 1. The van der Waals surface area contributed by atoms with Gasteiger partial charge in [0.05, 0.1) is 11.4 Å². The van der Waals surface area contributed by atoms with Crippen LogP contribution in [0.5, 0.6) is 5.75 Å². The van der Waals surface area contributed by atoms with Crippen molar-refractivity contribution in [3.8, 4) is 5.75 Å². The first-order valence-corrected chi connectivity index (χ1v) is 11.9. The zero-order valence-corrected chi connectivity index (χ0v) is 19.9. The van der Waals surface area contributed by atoms with E-state index in [0.29, 0.717) is 34.4 Å². The smallest absolute Gasteiger partial charge is 0.156 e. The zero-order valence-electron chi connectivity index (χ0n) is 19.9. The second-order valence-electron chi connectivity index (χ2n) is 9.54. The highest BCUT2D eigenvalue weighted by Crippen LogP contribution is 2.30. The van der Waals surface area contributed by atoms with E-state index in [9.17, 15) is 8.78 Å². The molecule has 0 aliphatic carbocycles. The third kappa shape index (κ3) is 4.92. The minimum Gasteiger partial charge on any atom is -0.486 e. The Labute approximate surface area is 203 Å². The highest BCUT2D eigenvalue weighted by molar-refractivity contribution is 6.12. The van der Waals surface area contributed by atoms with E-state index in [4.69, 9.17) is 20.9 Å². The summed E-state index contributed by atoms with van der Waals surface area (Å²) < 4.78 is 33.1. The summed E-state index contributed by atoms with van der Waals surface area (Å²) in [6, 6.07) is 8.89. The number of hydrogen-bond acceptors (Lipinski definition) is 6. The zero-order chi connectivity index (χ0) is 24.7. The Morgan fingerprint density at radius 3 is 2.54 bits per heavy atom. The minimum absolute atomic E-state index is 0.178. The van der Waals surface area contributed by atoms with Crippen molar-refractivity contribution in [2.24, 2.45) is 0 Å². The van der Waals surface area contributed by atoms with E-state index in [1.54, 1.807) is 25.1 Å². The minimum atomic E-state index is -0.657. The summed E-state index contributed by atoms with van der Waals surface area (Å²) in [5.74, 6) is -0.392. The number of nitrogens with zero attached hydrogens (tertiary/aromatic N) is 3. The fourth-order valence-corrected chi connectivity index (χ4v) is 4.93. The van der Waals surface area contributed by atoms with Gasteiger partial charge in [0.25, 0.3) is 0 Å². The number of benzene rings is 2. The molecule has 1 saturated heterocycles. The summed E-state index contributed by atoms with van der Waals surface area (Å²) in [6.45, 7) is 5.53. The maximum absolute atomic E-state index is 13.6. The summed E-state index contributed by atoms with van der Waals surface area (Å²) >= 11 is 0. The van der Waals surface area contributed by atoms with Gasteiger partial charge in [0.2, 0.25) is 0 Å². The maximum Gasteiger partial charge on any atom is 0.156 e. The fourth-order valence-electron chi connectivity index (χ4n) is 4.93. The number of likely N-dealkylation sites (tertiary alicyclic amines) is 1. The molecule has 2 aliphatic heterocycles. The van der Waals surface area contributed by atoms with E-state index in [1.807, 2.05) is 0 Å². The Hall–Kier alpha value is -3.30. The molecule has 1 fully saturated rings. The number of hydrogen-bond donors (Lipinski definition) is 3. The van der Waals surface area contributed by atoms with Gasteiger partial charge in [-0.3, -0.25) is 10.3 Å².